The third-order valence-corrected chi connectivity index (χ3v) is 3.93. The molecule has 0 atom stereocenters. The van der Waals surface area contributed by atoms with Crippen molar-refractivity contribution in [2.75, 3.05) is 5.73 Å². The Hall–Kier alpha value is -2.06. The van der Waals surface area contributed by atoms with Gasteiger partial charge < -0.3 is 5.73 Å². The van der Waals surface area contributed by atoms with Crippen molar-refractivity contribution in [3.05, 3.63) is 53.7 Å². The maximum atomic E-state index is 13.4. The van der Waals surface area contributed by atoms with Gasteiger partial charge in [0.05, 0.1) is 4.90 Å². The fourth-order valence-corrected chi connectivity index (χ4v) is 2.54. The third kappa shape index (κ3) is 3.28. The number of benzene rings is 1. The molecule has 0 aliphatic rings. The first-order valence-electron chi connectivity index (χ1n) is 5.53. The first-order valence-corrected chi connectivity index (χ1v) is 7.02. The van der Waals surface area contributed by atoms with Gasteiger partial charge >= 0.3 is 0 Å². The molecule has 0 aliphatic carbocycles. The van der Waals surface area contributed by atoms with Gasteiger partial charge in [-0.1, -0.05) is 6.07 Å². The van der Waals surface area contributed by atoms with Crippen LogP contribution in [-0.4, -0.2) is 13.4 Å². The number of nitrogens with one attached hydrogen (secondary N) is 1. The van der Waals surface area contributed by atoms with Gasteiger partial charge in [-0.25, -0.2) is 26.9 Å². The van der Waals surface area contributed by atoms with E-state index in [1.807, 2.05) is 0 Å². The number of sulfonamides is 1. The van der Waals surface area contributed by atoms with Crippen LogP contribution in [0.3, 0.4) is 0 Å². The number of nitrogens with two attached hydrogens (primary N) is 1. The molecule has 1 heterocycles. The number of nitrogen functional groups attached to an aromatic ring is 1. The molecular weight excluding hydrogens is 288 g/mol. The summed E-state index contributed by atoms with van der Waals surface area (Å²) in [5, 5.41) is 0. The van der Waals surface area contributed by atoms with E-state index >= 15 is 0 Å². The second-order valence-electron chi connectivity index (χ2n) is 3.98. The quantitative estimate of drug-likeness (QED) is 0.894. The van der Waals surface area contributed by atoms with Crippen molar-refractivity contribution in [2.45, 2.75) is 11.4 Å². The summed E-state index contributed by atoms with van der Waals surface area (Å²) in [4.78, 5) is 3.60. The van der Waals surface area contributed by atoms with Crippen LogP contribution in [0, 0.1) is 11.6 Å². The Morgan fingerprint density at radius 2 is 1.95 bits per heavy atom. The van der Waals surface area contributed by atoms with Crippen molar-refractivity contribution in [1.29, 1.82) is 0 Å². The lowest BCUT2D eigenvalue weighted by Crippen LogP contribution is -2.24. The molecular formula is C12H11F2N3O2S. The summed E-state index contributed by atoms with van der Waals surface area (Å²) in [6.07, 6.45) is 1.25. The molecule has 2 rings (SSSR count). The Balaban J connectivity index is 2.17. The lowest BCUT2D eigenvalue weighted by molar-refractivity contribution is 0.562. The van der Waals surface area contributed by atoms with Gasteiger partial charge in [-0.3, -0.25) is 0 Å². The highest BCUT2D eigenvalue weighted by Crippen LogP contribution is 2.13. The number of aromatic nitrogens is 1. The van der Waals surface area contributed by atoms with Gasteiger partial charge in [-0.15, -0.1) is 0 Å². The van der Waals surface area contributed by atoms with Crippen LogP contribution >= 0.6 is 0 Å². The van der Waals surface area contributed by atoms with E-state index in [2.05, 4.69) is 9.71 Å². The van der Waals surface area contributed by atoms with Crippen LogP contribution in [0.4, 0.5) is 14.6 Å². The average Bonchev–Trinajstić information content (AvgIpc) is 2.37. The number of rotatable bonds is 4. The summed E-state index contributed by atoms with van der Waals surface area (Å²) in [7, 11) is -3.84. The summed E-state index contributed by atoms with van der Waals surface area (Å²) < 4.78 is 52.2. The predicted molar refractivity (Wildman–Crippen MR) is 69.0 cm³/mol. The van der Waals surface area contributed by atoms with Crippen LogP contribution in [0.2, 0.25) is 0 Å². The molecule has 20 heavy (non-hydrogen) atoms. The van der Waals surface area contributed by atoms with Crippen molar-refractivity contribution < 1.29 is 17.2 Å². The Morgan fingerprint density at radius 1 is 1.20 bits per heavy atom. The zero-order valence-electron chi connectivity index (χ0n) is 10.2. The van der Waals surface area contributed by atoms with E-state index in [4.69, 9.17) is 5.73 Å². The molecule has 0 bridgehead atoms. The Kier molecular flexibility index (Phi) is 3.96. The maximum Gasteiger partial charge on any atom is 0.241 e. The van der Waals surface area contributed by atoms with Crippen molar-refractivity contribution >= 4 is 15.8 Å². The number of hydrogen-bond acceptors (Lipinski definition) is 4. The third-order valence-electron chi connectivity index (χ3n) is 2.53. The smallest absolute Gasteiger partial charge is 0.241 e. The zero-order chi connectivity index (χ0) is 14.8. The van der Waals surface area contributed by atoms with Crippen LogP contribution < -0.4 is 10.5 Å². The molecule has 0 saturated carbocycles. The number of hydrogen-bond donors (Lipinski definition) is 2. The first-order chi connectivity index (χ1) is 9.38. The van der Waals surface area contributed by atoms with E-state index in [9.17, 15) is 17.2 Å². The molecule has 3 N–H and O–H groups in total. The van der Waals surface area contributed by atoms with E-state index in [0.29, 0.717) is 6.07 Å². The minimum absolute atomic E-state index is 0.0389. The number of halogens is 2. The van der Waals surface area contributed by atoms with Crippen LogP contribution in [0.5, 0.6) is 0 Å². The van der Waals surface area contributed by atoms with Gasteiger partial charge in [0.2, 0.25) is 10.0 Å². The van der Waals surface area contributed by atoms with Crippen LogP contribution in [0.25, 0.3) is 0 Å². The van der Waals surface area contributed by atoms with Crippen molar-refractivity contribution in [2.24, 2.45) is 0 Å². The Morgan fingerprint density at radius 3 is 2.60 bits per heavy atom. The molecule has 5 nitrogen and oxygen atoms in total. The molecule has 0 radical (unpaired) electrons. The lowest BCUT2D eigenvalue weighted by Gasteiger charge is -2.08. The van der Waals surface area contributed by atoms with Gasteiger partial charge in [-0.05, 0) is 12.1 Å². The van der Waals surface area contributed by atoms with E-state index in [0.717, 1.165) is 6.07 Å². The molecule has 0 amide bonds. The summed E-state index contributed by atoms with van der Waals surface area (Å²) in [6.45, 7) is -0.295. The summed E-state index contributed by atoms with van der Waals surface area (Å²) in [6, 6.07) is 5.36. The summed E-state index contributed by atoms with van der Waals surface area (Å²) in [5.74, 6) is -1.49. The molecule has 106 valence electrons. The van der Waals surface area contributed by atoms with Crippen molar-refractivity contribution in [3.8, 4) is 0 Å². The second-order valence-corrected chi connectivity index (χ2v) is 5.74. The Bertz CT molecular complexity index is 735. The average molecular weight is 299 g/mol. The molecule has 0 spiro atoms. The van der Waals surface area contributed by atoms with Gasteiger partial charge in [0, 0.05) is 30.4 Å². The van der Waals surface area contributed by atoms with Crippen LogP contribution in [-0.2, 0) is 16.6 Å². The largest absolute Gasteiger partial charge is 0.384 e. The molecule has 2 aromatic rings. The maximum absolute atomic E-state index is 13.4. The van der Waals surface area contributed by atoms with Gasteiger partial charge in [0.15, 0.2) is 0 Å². The fourth-order valence-electron chi connectivity index (χ4n) is 1.52. The van der Waals surface area contributed by atoms with Gasteiger partial charge in [0.1, 0.15) is 17.5 Å². The minimum Gasteiger partial charge on any atom is -0.384 e. The molecule has 0 saturated heterocycles. The highest BCUT2D eigenvalue weighted by Gasteiger charge is 2.15. The molecule has 0 fully saturated rings. The standard InChI is InChI=1S/C12H11F2N3O2S/c13-9-2-1-8(11(14)5-9)7-17-20(18,19)10-3-4-16-12(15)6-10/h1-6,17H,7H2,(H2,15,16). The highest BCUT2D eigenvalue weighted by atomic mass is 32.2. The monoisotopic (exact) mass is 299 g/mol. The van der Waals surface area contributed by atoms with Crippen LogP contribution in [0.1, 0.15) is 5.56 Å². The van der Waals surface area contributed by atoms with Crippen LogP contribution in [0.15, 0.2) is 41.4 Å². The molecule has 0 aliphatic heterocycles. The van der Waals surface area contributed by atoms with E-state index in [-0.39, 0.29) is 22.8 Å². The van der Waals surface area contributed by atoms with E-state index < -0.39 is 21.7 Å². The van der Waals surface area contributed by atoms with E-state index in [1.165, 1.54) is 24.4 Å². The SMILES string of the molecule is Nc1cc(S(=O)(=O)NCc2ccc(F)cc2F)ccn1. The Labute approximate surface area is 114 Å². The van der Waals surface area contributed by atoms with E-state index in [1.54, 1.807) is 0 Å². The number of pyridine rings is 1. The fraction of sp³-hybridized carbons (Fsp3) is 0.0833. The minimum atomic E-state index is -3.84. The second kappa shape index (κ2) is 5.51. The molecule has 1 aromatic carbocycles. The van der Waals surface area contributed by atoms with Gasteiger partial charge in [-0.2, -0.15) is 0 Å². The van der Waals surface area contributed by atoms with Crippen molar-refractivity contribution in [3.63, 3.8) is 0 Å². The summed E-state index contributed by atoms with van der Waals surface area (Å²) in [5.41, 5.74) is 5.44. The number of nitrogens with zero attached hydrogens (tertiary/aromatic N) is 1. The topological polar surface area (TPSA) is 85.1 Å². The molecule has 1 aromatic heterocycles. The first kappa shape index (κ1) is 14.4. The normalized spacial score (nSPS) is 11.5. The van der Waals surface area contributed by atoms with Crippen molar-refractivity contribution in [1.82, 2.24) is 9.71 Å². The lowest BCUT2D eigenvalue weighted by atomic mass is 10.2. The zero-order valence-corrected chi connectivity index (χ0v) is 11.0. The molecule has 8 heteroatoms. The predicted octanol–water partition coefficient (Wildman–Crippen LogP) is 1.42. The number of anilines is 1. The highest BCUT2D eigenvalue weighted by molar-refractivity contribution is 7.89. The molecule has 0 unspecified atom stereocenters. The summed E-state index contributed by atoms with van der Waals surface area (Å²) >= 11 is 0. The van der Waals surface area contributed by atoms with Gasteiger partial charge in [0.25, 0.3) is 0 Å².